The molecule has 2 N–H and O–H groups in total. The number of rotatable bonds is 6. The molecule has 0 atom stereocenters. The van der Waals surface area contributed by atoms with Crippen molar-refractivity contribution in [1.29, 1.82) is 0 Å². The number of benzene rings is 2. The first-order chi connectivity index (χ1) is 10.7. The average molecular weight is 298 g/mol. The Morgan fingerprint density at radius 3 is 2.41 bits per heavy atom. The Hall–Kier alpha value is -2.82. The van der Waals surface area contributed by atoms with Crippen LogP contribution in [0.2, 0.25) is 0 Å². The monoisotopic (exact) mass is 298 g/mol. The van der Waals surface area contributed by atoms with Crippen LogP contribution in [-0.4, -0.2) is 25.0 Å². The number of anilines is 1. The van der Waals surface area contributed by atoms with Crippen molar-refractivity contribution in [2.24, 2.45) is 0 Å². The van der Waals surface area contributed by atoms with E-state index in [0.29, 0.717) is 23.5 Å². The molecule has 2 rings (SSSR count). The third-order valence-corrected chi connectivity index (χ3v) is 2.90. The van der Waals surface area contributed by atoms with E-state index < -0.39 is 0 Å². The quantitative estimate of drug-likeness (QED) is 0.861. The number of para-hydroxylation sites is 2. The lowest BCUT2D eigenvalue weighted by Gasteiger charge is -2.11. The van der Waals surface area contributed by atoms with Gasteiger partial charge in [-0.25, -0.2) is 0 Å². The van der Waals surface area contributed by atoms with Crippen LogP contribution in [0.1, 0.15) is 17.3 Å². The Morgan fingerprint density at radius 1 is 1.00 bits per heavy atom. The Kier molecular flexibility index (Phi) is 5.54. The third kappa shape index (κ3) is 4.34. The second-order valence-electron chi connectivity index (χ2n) is 4.55. The summed E-state index contributed by atoms with van der Waals surface area (Å²) in [5.41, 5.74) is 0.896. The summed E-state index contributed by atoms with van der Waals surface area (Å²) in [4.78, 5) is 23.9. The van der Waals surface area contributed by atoms with Crippen LogP contribution in [0.15, 0.2) is 54.6 Å². The van der Waals surface area contributed by atoms with Crippen LogP contribution >= 0.6 is 0 Å². The normalized spacial score (nSPS) is 9.86. The van der Waals surface area contributed by atoms with Crippen molar-refractivity contribution >= 4 is 17.5 Å². The van der Waals surface area contributed by atoms with Gasteiger partial charge >= 0.3 is 0 Å². The second-order valence-corrected chi connectivity index (χ2v) is 4.55. The summed E-state index contributed by atoms with van der Waals surface area (Å²) in [6.07, 6.45) is 0. The summed E-state index contributed by atoms with van der Waals surface area (Å²) < 4.78 is 5.38. The van der Waals surface area contributed by atoms with Gasteiger partial charge in [0.2, 0.25) is 0 Å². The molecule has 0 fully saturated rings. The van der Waals surface area contributed by atoms with E-state index in [9.17, 15) is 9.59 Å². The van der Waals surface area contributed by atoms with Gasteiger partial charge in [-0.15, -0.1) is 0 Å². The van der Waals surface area contributed by atoms with E-state index in [0.717, 1.165) is 0 Å². The molecule has 5 nitrogen and oxygen atoms in total. The van der Waals surface area contributed by atoms with Gasteiger partial charge in [0.25, 0.3) is 11.8 Å². The summed E-state index contributed by atoms with van der Waals surface area (Å²) >= 11 is 0. The lowest BCUT2D eigenvalue weighted by atomic mass is 10.1. The van der Waals surface area contributed by atoms with E-state index in [1.807, 2.05) is 25.1 Å². The van der Waals surface area contributed by atoms with Crippen LogP contribution in [-0.2, 0) is 4.79 Å². The van der Waals surface area contributed by atoms with Crippen LogP contribution in [0.4, 0.5) is 5.69 Å². The van der Waals surface area contributed by atoms with Gasteiger partial charge in [0.1, 0.15) is 5.75 Å². The minimum Gasteiger partial charge on any atom is -0.484 e. The minimum atomic E-state index is -0.319. The Balaban J connectivity index is 1.98. The highest BCUT2D eigenvalue weighted by Crippen LogP contribution is 2.15. The number of nitrogens with one attached hydrogen (secondary N) is 2. The average Bonchev–Trinajstić information content (AvgIpc) is 2.54. The molecule has 2 aromatic rings. The second kappa shape index (κ2) is 7.83. The molecule has 0 spiro atoms. The molecule has 0 aliphatic rings. The maximum absolute atomic E-state index is 12.0. The first-order valence-electron chi connectivity index (χ1n) is 7.05. The molecule has 0 bridgehead atoms. The Bertz CT molecular complexity index is 641. The van der Waals surface area contributed by atoms with Crippen molar-refractivity contribution in [3.05, 3.63) is 60.2 Å². The molecule has 0 unspecified atom stereocenters. The first kappa shape index (κ1) is 15.6. The SMILES string of the molecule is CCNC(=O)c1ccccc1NC(=O)COc1ccccc1. The largest absolute Gasteiger partial charge is 0.484 e. The predicted molar refractivity (Wildman–Crippen MR) is 85.0 cm³/mol. The highest BCUT2D eigenvalue weighted by Gasteiger charge is 2.12. The third-order valence-electron chi connectivity index (χ3n) is 2.90. The zero-order chi connectivity index (χ0) is 15.8. The van der Waals surface area contributed by atoms with E-state index >= 15 is 0 Å². The van der Waals surface area contributed by atoms with E-state index in [2.05, 4.69) is 10.6 Å². The minimum absolute atomic E-state index is 0.117. The molecule has 0 saturated heterocycles. The van der Waals surface area contributed by atoms with E-state index in [1.54, 1.807) is 36.4 Å². The van der Waals surface area contributed by atoms with Crippen LogP contribution in [0.25, 0.3) is 0 Å². The fourth-order valence-corrected chi connectivity index (χ4v) is 1.90. The highest BCUT2D eigenvalue weighted by atomic mass is 16.5. The maximum atomic E-state index is 12.0. The number of amides is 2. The molecule has 0 aromatic heterocycles. The van der Waals surface area contributed by atoms with Gasteiger partial charge < -0.3 is 15.4 Å². The fourth-order valence-electron chi connectivity index (χ4n) is 1.90. The van der Waals surface area contributed by atoms with Crippen molar-refractivity contribution < 1.29 is 14.3 Å². The molecule has 22 heavy (non-hydrogen) atoms. The maximum Gasteiger partial charge on any atom is 0.262 e. The molecule has 2 amide bonds. The van der Waals surface area contributed by atoms with Crippen molar-refractivity contribution in [1.82, 2.24) is 5.32 Å². The van der Waals surface area contributed by atoms with Crippen molar-refractivity contribution in [2.75, 3.05) is 18.5 Å². The first-order valence-corrected chi connectivity index (χ1v) is 7.05. The van der Waals surface area contributed by atoms with Crippen molar-refractivity contribution in [3.63, 3.8) is 0 Å². The number of carbonyl (C=O) groups excluding carboxylic acids is 2. The summed E-state index contributed by atoms with van der Waals surface area (Å²) in [6, 6.07) is 15.9. The summed E-state index contributed by atoms with van der Waals surface area (Å²) in [5.74, 6) is 0.0811. The molecule has 0 aliphatic heterocycles. The number of hydrogen-bond donors (Lipinski definition) is 2. The molecular formula is C17H18N2O3. The van der Waals surface area contributed by atoms with Crippen molar-refractivity contribution in [3.8, 4) is 5.75 Å². The number of carbonyl (C=O) groups is 2. The molecule has 0 radical (unpaired) electrons. The van der Waals surface area contributed by atoms with E-state index in [1.165, 1.54) is 0 Å². The molecule has 2 aromatic carbocycles. The van der Waals surface area contributed by atoms with Gasteiger partial charge in [-0.05, 0) is 31.2 Å². The Labute approximate surface area is 129 Å². The molecule has 0 saturated carbocycles. The van der Waals surface area contributed by atoms with E-state index in [-0.39, 0.29) is 18.4 Å². The van der Waals surface area contributed by atoms with Gasteiger partial charge in [-0.1, -0.05) is 30.3 Å². The van der Waals surface area contributed by atoms with Crippen LogP contribution in [0, 0.1) is 0 Å². The van der Waals surface area contributed by atoms with Gasteiger partial charge in [-0.3, -0.25) is 9.59 Å². The molecule has 0 aliphatic carbocycles. The van der Waals surface area contributed by atoms with Crippen LogP contribution < -0.4 is 15.4 Å². The number of hydrogen-bond acceptors (Lipinski definition) is 3. The molecule has 114 valence electrons. The summed E-state index contributed by atoms with van der Waals surface area (Å²) in [7, 11) is 0. The van der Waals surface area contributed by atoms with Crippen molar-refractivity contribution in [2.45, 2.75) is 6.92 Å². The molecule has 0 heterocycles. The van der Waals surface area contributed by atoms with E-state index in [4.69, 9.17) is 4.74 Å². The zero-order valence-electron chi connectivity index (χ0n) is 12.3. The van der Waals surface area contributed by atoms with Crippen LogP contribution in [0.3, 0.4) is 0 Å². The van der Waals surface area contributed by atoms with Gasteiger partial charge in [0, 0.05) is 6.54 Å². The smallest absolute Gasteiger partial charge is 0.262 e. The number of ether oxygens (including phenoxy) is 1. The van der Waals surface area contributed by atoms with Crippen LogP contribution in [0.5, 0.6) is 5.75 Å². The fraction of sp³-hybridized carbons (Fsp3) is 0.176. The lowest BCUT2D eigenvalue weighted by Crippen LogP contribution is -2.26. The van der Waals surface area contributed by atoms with Gasteiger partial charge in [-0.2, -0.15) is 0 Å². The van der Waals surface area contributed by atoms with Gasteiger partial charge in [0.15, 0.2) is 6.61 Å². The lowest BCUT2D eigenvalue weighted by molar-refractivity contribution is -0.118. The Morgan fingerprint density at radius 2 is 1.68 bits per heavy atom. The summed E-state index contributed by atoms with van der Waals surface area (Å²) in [5, 5.41) is 5.41. The predicted octanol–water partition coefficient (Wildman–Crippen LogP) is 2.45. The molecule has 5 heteroatoms. The standard InChI is InChI=1S/C17H18N2O3/c1-2-18-17(21)14-10-6-7-11-15(14)19-16(20)12-22-13-8-4-3-5-9-13/h3-11H,2,12H2,1H3,(H,18,21)(H,19,20). The highest BCUT2D eigenvalue weighted by molar-refractivity contribution is 6.03. The molecular weight excluding hydrogens is 280 g/mol. The topological polar surface area (TPSA) is 67.4 Å². The van der Waals surface area contributed by atoms with Gasteiger partial charge in [0.05, 0.1) is 11.3 Å². The zero-order valence-corrected chi connectivity index (χ0v) is 12.3. The summed E-state index contributed by atoms with van der Waals surface area (Å²) in [6.45, 7) is 2.25.